The molecule has 2 rings (SSSR count). The molecule has 2 atom stereocenters. The van der Waals surface area contributed by atoms with Gasteiger partial charge in [-0.05, 0) is 52.2 Å². The van der Waals surface area contributed by atoms with E-state index in [1.165, 1.54) is 0 Å². The molecule has 19 heavy (non-hydrogen) atoms. The Bertz CT molecular complexity index is 292. The smallest absolute Gasteiger partial charge is 0.237 e. The minimum Gasteiger partial charge on any atom is -0.383 e. The van der Waals surface area contributed by atoms with E-state index in [0.717, 1.165) is 45.3 Å². The summed E-state index contributed by atoms with van der Waals surface area (Å²) in [6.45, 7) is 5.80. The van der Waals surface area contributed by atoms with Crippen LogP contribution < -0.4 is 10.6 Å². The van der Waals surface area contributed by atoms with Crippen molar-refractivity contribution < 1.29 is 9.53 Å². The molecule has 2 heterocycles. The van der Waals surface area contributed by atoms with Crippen LogP contribution in [0, 0.1) is 0 Å². The van der Waals surface area contributed by atoms with Crippen molar-refractivity contribution in [3.8, 4) is 0 Å². The zero-order valence-corrected chi connectivity index (χ0v) is 12.2. The van der Waals surface area contributed by atoms with Crippen molar-refractivity contribution in [1.82, 2.24) is 15.5 Å². The van der Waals surface area contributed by atoms with Crippen molar-refractivity contribution >= 4 is 5.91 Å². The molecule has 110 valence electrons. The second kappa shape index (κ2) is 7.22. The number of carbonyl (C=O) groups is 1. The predicted molar refractivity (Wildman–Crippen MR) is 75.1 cm³/mol. The second-order valence-corrected chi connectivity index (χ2v) is 5.74. The van der Waals surface area contributed by atoms with Gasteiger partial charge in [-0.25, -0.2) is 0 Å². The fourth-order valence-corrected chi connectivity index (χ4v) is 3.28. The fourth-order valence-electron chi connectivity index (χ4n) is 3.28. The molecule has 2 aliphatic heterocycles. The molecule has 0 radical (unpaired) electrons. The first-order valence-electron chi connectivity index (χ1n) is 7.48. The van der Waals surface area contributed by atoms with Crippen LogP contribution in [-0.4, -0.2) is 62.3 Å². The van der Waals surface area contributed by atoms with Crippen LogP contribution in [0.2, 0.25) is 0 Å². The van der Waals surface area contributed by atoms with Crippen LogP contribution >= 0.6 is 0 Å². The Morgan fingerprint density at radius 3 is 2.84 bits per heavy atom. The summed E-state index contributed by atoms with van der Waals surface area (Å²) in [4.78, 5) is 14.8. The number of ether oxygens (including phenoxy) is 1. The van der Waals surface area contributed by atoms with E-state index in [2.05, 4.69) is 15.5 Å². The van der Waals surface area contributed by atoms with Crippen molar-refractivity contribution in [1.29, 1.82) is 0 Å². The summed E-state index contributed by atoms with van der Waals surface area (Å²) in [5, 5.41) is 6.46. The summed E-state index contributed by atoms with van der Waals surface area (Å²) in [5.74, 6) is 0.181. The first-order valence-corrected chi connectivity index (χ1v) is 7.48. The zero-order valence-electron chi connectivity index (χ0n) is 12.2. The minimum absolute atomic E-state index is 0.0717. The maximum Gasteiger partial charge on any atom is 0.237 e. The summed E-state index contributed by atoms with van der Waals surface area (Å²) in [5.41, 5.74) is 0. The quantitative estimate of drug-likeness (QED) is 0.756. The molecule has 2 saturated heterocycles. The van der Waals surface area contributed by atoms with Gasteiger partial charge in [-0.2, -0.15) is 0 Å². The van der Waals surface area contributed by atoms with Gasteiger partial charge in [0.2, 0.25) is 5.91 Å². The molecular formula is C14H27N3O2. The molecule has 2 unspecified atom stereocenters. The lowest BCUT2D eigenvalue weighted by Gasteiger charge is -2.35. The highest BCUT2D eigenvalue weighted by atomic mass is 16.5. The van der Waals surface area contributed by atoms with Crippen molar-refractivity contribution in [3.63, 3.8) is 0 Å². The molecule has 0 bridgehead atoms. The average molecular weight is 269 g/mol. The summed E-state index contributed by atoms with van der Waals surface area (Å²) in [7, 11) is 1.67. The van der Waals surface area contributed by atoms with Gasteiger partial charge in [0.1, 0.15) is 0 Å². The number of rotatable bonds is 5. The molecule has 0 aromatic heterocycles. The summed E-state index contributed by atoms with van der Waals surface area (Å²) in [6, 6.07) is 0.743. The molecular weight excluding hydrogens is 242 g/mol. The van der Waals surface area contributed by atoms with Crippen LogP contribution in [0.25, 0.3) is 0 Å². The number of amides is 1. The summed E-state index contributed by atoms with van der Waals surface area (Å²) < 4.78 is 5.07. The van der Waals surface area contributed by atoms with Gasteiger partial charge in [0.15, 0.2) is 0 Å². The fraction of sp³-hybridized carbons (Fsp3) is 0.929. The lowest BCUT2D eigenvalue weighted by molar-refractivity contribution is -0.127. The Morgan fingerprint density at radius 2 is 2.16 bits per heavy atom. The topological polar surface area (TPSA) is 53.6 Å². The van der Waals surface area contributed by atoms with Crippen LogP contribution in [0.15, 0.2) is 0 Å². The third-order valence-corrected chi connectivity index (χ3v) is 4.18. The number of nitrogens with zero attached hydrogens (tertiary/aromatic N) is 1. The van der Waals surface area contributed by atoms with E-state index in [0.29, 0.717) is 12.6 Å². The molecule has 0 aromatic rings. The second-order valence-electron chi connectivity index (χ2n) is 5.74. The summed E-state index contributed by atoms with van der Waals surface area (Å²) in [6.07, 6.45) is 4.46. The lowest BCUT2D eigenvalue weighted by Crippen LogP contribution is -2.52. The molecule has 0 aliphatic carbocycles. The van der Waals surface area contributed by atoms with Gasteiger partial charge in [-0.15, -0.1) is 0 Å². The molecule has 2 aliphatic rings. The monoisotopic (exact) mass is 269 g/mol. The Labute approximate surface area is 116 Å². The van der Waals surface area contributed by atoms with Gasteiger partial charge in [0.05, 0.1) is 12.6 Å². The number of hydrogen-bond acceptors (Lipinski definition) is 4. The number of piperidine rings is 1. The normalized spacial score (nSPS) is 27.4. The van der Waals surface area contributed by atoms with E-state index >= 15 is 0 Å². The largest absolute Gasteiger partial charge is 0.383 e. The Kier molecular flexibility index (Phi) is 5.60. The van der Waals surface area contributed by atoms with E-state index in [-0.39, 0.29) is 18.0 Å². The van der Waals surface area contributed by atoms with Crippen LogP contribution in [0.3, 0.4) is 0 Å². The van der Waals surface area contributed by atoms with Crippen molar-refractivity contribution in [2.75, 3.05) is 33.4 Å². The zero-order chi connectivity index (χ0) is 13.7. The number of nitrogens with one attached hydrogen (secondary N) is 2. The van der Waals surface area contributed by atoms with Crippen molar-refractivity contribution in [2.24, 2.45) is 0 Å². The van der Waals surface area contributed by atoms with Crippen molar-refractivity contribution in [2.45, 2.75) is 50.7 Å². The maximum absolute atomic E-state index is 12.4. The number of carbonyl (C=O) groups excluding carboxylic acids is 1. The van der Waals surface area contributed by atoms with Crippen LogP contribution in [0.5, 0.6) is 0 Å². The Balaban J connectivity index is 1.88. The van der Waals surface area contributed by atoms with Gasteiger partial charge in [0, 0.05) is 19.2 Å². The molecule has 2 fully saturated rings. The van der Waals surface area contributed by atoms with Gasteiger partial charge >= 0.3 is 0 Å². The number of likely N-dealkylation sites (tertiary alicyclic amines) is 1. The standard InChI is InChI=1S/C14H27N3O2/c1-11(10-19-2)16-14(18)13-4-3-9-17(13)12-5-7-15-8-6-12/h11-13,15H,3-10H2,1-2H3,(H,16,18). The molecule has 0 spiro atoms. The molecule has 5 heteroatoms. The van der Waals surface area contributed by atoms with E-state index in [4.69, 9.17) is 4.74 Å². The number of methoxy groups -OCH3 is 1. The predicted octanol–water partition coefficient (Wildman–Crippen LogP) is 0.354. The van der Waals surface area contributed by atoms with Crippen LogP contribution in [0.1, 0.15) is 32.6 Å². The lowest BCUT2D eigenvalue weighted by atomic mass is 10.0. The highest BCUT2D eigenvalue weighted by molar-refractivity contribution is 5.82. The third-order valence-electron chi connectivity index (χ3n) is 4.18. The molecule has 0 saturated carbocycles. The first-order chi connectivity index (χ1) is 9.22. The van der Waals surface area contributed by atoms with E-state index in [1.807, 2.05) is 6.92 Å². The Morgan fingerprint density at radius 1 is 1.42 bits per heavy atom. The van der Waals surface area contributed by atoms with Crippen LogP contribution in [-0.2, 0) is 9.53 Å². The minimum atomic E-state index is 0.0717. The van der Waals surface area contributed by atoms with Gasteiger partial charge < -0.3 is 15.4 Å². The SMILES string of the molecule is COCC(C)NC(=O)C1CCCN1C1CCNCC1. The Hall–Kier alpha value is -0.650. The van der Waals surface area contributed by atoms with E-state index in [9.17, 15) is 4.79 Å². The first kappa shape index (κ1) is 14.8. The average Bonchev–Trinajstić information content (AvgIpc) is 2.89. The molecule has 5 nitrogen and oxygen atoms in total. The molecule has 0 aromatic carbocycles. The third kappa shape index (κ3) is 3.91. The van der Waals surface area contributed by atoms with Crippen molar-refractivity contribution in [3.05, 3.63) is 0 Å². The van der Waals surface area contributed by atoms with Gasteiger partial charge in [-0.3, -0.25) is 9.69 Å². The number of hydrogen-bond donors (Lipinski definition) is 2. The highest BCUT2D eigenvalue weighted by Gasteiger charge is 2.35. The van der Waals surface area contributed by atoms with Gasteiger partial charge in [-0.1, -0.05) is 0 Å². The van der Waals surface area contributed by atoms with E-state index < -0.39 is 0 Å². The van der Waals surface area contributed by atoms with Crippen LogP contribution in [0.4, 0.5) is 0 Å². The molecule has 2 N–H and O–H groups in total. The summed E-state index contributed by atoms with van der Waals surface area (Å²) >= 11 is 0. The van der Waals surface area contributed by atoms with E-state index in [1.54, 1.807) is 7.11 Å². The maximum atomic E-state index is 12.4. The highest BCUT2D eigenvalue weighted by Crippen LogP contribution is 2.24. The van der Waals surface area contributed by atoms with Gasteiger partial charge in [0.25, 0.3) is 0 Å². The molecule has 1 amide bonds.